The van der Waals surface area contributed by atoms with Crippen LogP contribution in [0, 0.1) is 13.8 Å². The lowest BCUT2D eigenvalue weighted by atomic mass is 10.1. The van der Waals surface area contributed by atoms with Gasteiger partial charge in [-0.25, -0.2) is 0 Å². The highest BCUT2D eigenvalue weighted by Gasteiger charge is 2.15. The monoisotopic (exact) mass is 365 g/mol. The molecule has 3 aromatic rings. The van der Waals surface area contributed by atoms with Gasteiger partial charge >= 0.3 is 10.1 Å². The molecule has 0 N–H and O–H groups in total. The van der Waals surface area contributed by atoms with Gasteiger partial charge in [-0.05, 0) is 66.9 Å². The fraction of sp³-hybridized carbons (Fsp3) is 0.0952. The Morgan fingerprint density at radius 1 is 0.846 bits per heavy atom. The van der Waals surface area contributed by atoms with Crippen molar-refractivity contribution in [1.29, 1.82) is 0 Å². The number of benzene rings is 3. The molecule has 3 rings (SSSR count). The number of hydrogen-bond donors (Lipinski definition) is 0. The second-order valence-corrected chi connectivity index (χ2v) is 7.50. The van der Waals surface area contributed by atoms with Gasteiger partial charge in [-0.15, -0.1) is 0 Å². The number of nitrogens with zero attached hydrogens (tertiary/aromatic N) is 1. The molecule has 0 aromatic heterocycles. The van der Waals surface area contributed by atoms with Crippen molar-refractivity contribution in [1.82, 2.24) is 0 Å². The summed E-state index contributed by atoms with van der Waals surface area (Å²) in [7, 11) is -3.85. The van der Waals surface area contributed by atoms with E-state index in [0.29, 0.717) is 0 Å². The lowest BCUT2D eigenvalue weighted by molar-refractivity contribution is 0.486. The van der Waals surface area contributed by atoms with E-state index in [1.807, 2.05) is 31.2 Å². The van der Waals surface area contributed by atoms with Crippen molar-refractivity contribution in [3.63, 3.8) is 0 Å². The zero-order valence-corrected chi connectivity index (χ0v) is 15.4. The first-order valence-corrected chi connectivity index (χ1v) is 9.56. The molecule has 0 bridgehead atoms. The van der Waals surface area contributed by atoms with E-state index in [9.17, 15) is 8.42 Å². The fourth-order valence-corrected chi connectivity index (χ4v) is 3.31. The predicted molar refractivity (Wildman–Crippen MR) is 104 cm³/mol. The molecule has 0 atom stereocenters. The summed E-state index contributed by atoms with van der Waals surface area (Å²) in [6.45, 7) is 4.09. The number of rotatable bonds is 5. The summed E-state index contributed by atoms with van der Waals surface area (Å²) in [5, 5.41) is 0. The minimum Gasteiger partial charge on any atom is -0.379 e. The van der Waals surface area contributed by atoms with Crippen LogP contribution in [-0.2, 0) is 10.1 Å². The van der Waals surface area contributed by atoms with Gasteiger partial charge in [-0.2, -0.15) is 8.42 Å². The molecule has 0 aliphatic rings. The van der Waals surface area contributed by atoms with Crippen LogP contribution in [0.3, 0.4) is 0 Å². The molecule has 0 aliphatic carbocycles. The molecule has 0 fully saturated rings. The van der Waals surface area contributed by atoms with Crippen molar-refractivity contribution in [2.75, 3.05) is 0 Å². The van der Waals surface area contributed by atoms with Crippen molar-refractivity contribution in [2.45, 2.75) is 18.7 Å². The summed E-state index contributed by atoms with van der Waals surface area (Å²) in [6, 6.07) is 20.9. The third kappa shape index (κ3) is 4.37. The third-order valence-corrected chi connectivity index (χ3v) is 5.21. The van der Waals surface area contributed by atoms with Gasteiger partial charge in [0.05, 0.1) is 5.69 Å². The van der Waals surface area contributed by atoms with E-state index in [-0.39, 0.29) is 10.6 Å². The molecule has 3 aromatic carbocycles. The molecule has 0 unspecified atom stereocenters. The Hall–Kier alpha value is -2.92. The molecular formula is C21H19NO3S. The second-order valence-electron chi connectivity index (χ2n) is 5.95. The van der Waals surface area contributed by atoms with Crippen LogP contribution >= 0.6 is 0 Å². The summed E-state index contributed by atoms with van der Waals surface area (Å²) >= 11 is 0. The van der Waals surface area contributed by atoms with Crippen LogP contribution in [0.1, 0.15) is 16.7 Å². The predicted octanol–water partition coefficient (Wildman–Crippen LogP) is 4.82. The van der Waals surface area contributed by atoms with Gasteiger partial charge in [-0.3, -0.25) is 4.99 Å². The highest BCUT2D eigenvalue weighted by molar-refractivity contribution is 7.87. The Morgan fingerprint density at radius 3 is 2.35 bits per heavy atom. The molecule has 0 saturated heterocycles. The number of hydrogen-bond acceptors (Lipinski definition) is 4. The minimum atomic E-state index is -3.85. The molecule has 4 nitrogen and oxygen atoms in total. The van der Waals surface area contributed by atoms with E-state index >= 15 is 0 Å². The SMILES string of the molecule is Cc1ccc(N=Cc2cccc(OS(=O)(=O)c3ccccc3)c2)cc1C. The van der Waals surface area contributed by atoms with Crippen LogP contribution in [0.4, 0.5) is 5.69 Å². The quantitative estimate of drug-likeness (QED) is 0.481. The highest BCUT2D eigenvalue weighted by atomic mass is 32.2. The fourth-order valence-electron chi connectivity index (χ4n) is 2.36. The number of aliphatic imine (C=N–C) groups is 1. The molecule has 0 radical (unpaired) electrons. The van der Waals surface area contributed by atoms with Gasteiger partial charge < -0.3 is 4.18 Å². The van der Waals surface area contributed by atoms with Gasteiger partial charge in [0.2, 0.25) is 0 Å². The van der Waals surface area contributed by atoms with Gasteiger partial charge in [-0.1, -0.05) is 36.4 Å². The van der Waals surface area contributed by atoms with Crippen LogP contribution in [0.2, 0.25) is 0 Å². The van der Waals surface area contributed by atoms with Crippen molar-refractivity contribution >= 4 is 22.0 Å². The largest absolute Gasteiger partial charge is 0.379 e. The lowest BCUT2D eigenvalue weighted by Crippen LogP contribution is -2.09. The van der Waals surface area contributed by atoms with E-state index < -0.39 is 10.1 Å². The maximum Gasteiger partial charge on any atom is 0.339 e. The summed E-state index contributed by atoms with van der Waals surface area (Å²) < 4.78 is 29.8. The zero-order chi connectivity index (χ0) is 18.6. The molecular weight excluding hydrogens is 346 g/mol. The van der Waals surface area contributed by atoms with Gasteiger partial charge in [0.15, 0.2) is 0 Å². The third-order valence-electron chi connectivity index (χ3n) is 3.95. The molecule has 0 amide bonds. The zero-order valence-electron chi connectivity index (χ0n) is 14.6. The summed E-state index contributed by atoms with van der Waals surface area (Å²) in [5.74, 6) is 0.248. The molecule has 132 valence electrons. The average molecular weight is 365 g/mol. The lowest BCUT2D eigenvalue weighted by Gasteiger charge is -2.07. The summed E-state index contributed by atoms with van der Waals surface area (Å²) in [6.07, 6.45) is 1.69. The Kier molecular flexibility index (Phi) is 5.19. The smallest absolute Gasteiger partial charge is 0.339 e. The maximum atomic E-state index is 12.3. The Morgan fingerprint density at radius 2 is 1.62 bits per heavy atom. The standard InChI is InChI=1S/C21H19NO3S/c1-16-11-12-19(13-17(16)2)22-15-18-7-6-8-20(14-18)25-26(23,24)21-9-4-3-5-10-21/h3-15H,1-2H3. The van der Waals surface area contributed by atoms with Crippen LogP contribution in [0.5, 0.6) is 5.75 Å². The van der Waals surface area contributed by atoms with Crippen molar-refractivity contribution < 1.29 is 12.6 Å². The molecule has 5 heteroatoms. The molecule has 26 heavy (non-hydrogen) atoms. The van der Waals surface area contributed by atoms with Crippen LogP contribution in [0.25, 0.3) is 0 Å². The Labute approximate surface area is 153 Å². The Balaban J connectivity index is 1.80. The summed E-state index contributed by atoms with van der Waals surface area (Å²) in [5.41, 5.74) is 3.98. The van der Waals surface area contributed by atoms with E-state index in [4.69, 9.17) is 4.18 Å². The maximum absolute atomic E-state index is 12.3. The molecule has 0 heterocycles. The van der Waals surface area contributed by atoms with Crippen LogP contribution < -0.4 is 4.18 Å². The van der Waals surface area contributed by atoms with E-state index in [2.05, 4.69) is 11.9 Å². The van der Waals surface area contributed by atoms with Crippen LogP contribution in [0.15, 0.2) is 82.7 Å². The van der Waals surface area contributed by atoms with E-state index in [1.165, 1.54) is 23.3 Å². The number of aryl methyl sites for hydroxylation is 2. The van der Waals surface area contributed by atoms with Crippen molar-refractivity contribution in [3.05, 3.63) is 89.5 Å². The summed E-state index contributed by atoms with van der Waals surface area (Å²) in [4.78, 5) is 4.56. The molecule has 0 aliphatic heterocycles. The first kappa shape index (κ1) is 17.9. The molecule has 0 spiro atoms. The van der Waals surface area contributed by atoms with E-state index in [0.717, 1.165) is 11.3 Å². The Bertz CT molecular complexity index is 1040. The van der Waals surface area contributed by atoms with Gasteiger partial charge in [0.25, 0.3) is 0 Å². The molecule has 0 saturated carbocycles. The van der Waals surface area contributed by atoms with E-state index in [1.54, 1.807) is 42.6 Å². The normalized spacial score (nSPS) is 11.6. The first-order valence-electron chi connectivity index (χ1n) is 8.15. The first-order chi connectivity index (χ1) is 12.4. The van der Waals surface area contributed by atoms with Gasteiger partial charge in [0, 0.05) is 6.21 Å². The highest BCUT2D eigenvalue weighted by Crippen LogP contribution is 2.20. The van der Waals surface area contributed by atoms with Crippen molar-refractivity contribution in [2.24, 2.45) is 4.99 Å². The van der Waals surface area contributed by atoms with Gasteiger partial charge in [0.1, 0.15) is 10.6 Å². The topological polar surface area (TPSA) is 55.7 Å². The average Bonchev–Trinajstić information content (AvgIpc) is 2.63. The van der Waals surface area contributed by atoms with Crippen LogP contribution in [-0.4, -0.2) is 14.6 Å². The second kappa shape index (κ2) is 7.54. The van der Waals surface area contributed by atoms with Crippen molar-refractivity contribution in [3.8, 4) is 5.75 Å². The minimum absolute atomic E-state index is 0.120.